The third-order valence-electron chi connectivity index (χ3n) is 2.32. The van der Waals surface area contributed by atoms with E-state index in [1.54, 1.807) is 30.3 Å². The minimum absolute atomic E-state index is 0.258. The molecule has 0 unspecified atom stereocenters. The summed E-state index contributed by atoms with van der Waals surface area (Å²) in [7, 11) is 0. The van der Waals surface area contributed by atoms with Crippen molar-refractivity contribution >= 4 is 38.9 Å². The summed E-state index contributed by atoms with van der Waals surface area (Å²) in [5.74, 6) is 0.796. The molecule has 0 fully saturated rings. The highest BCUT2D eigenvalue weighted by Crippen LogP contribution is 2.25. The summed E-state index contributed by atoms with van der Waals surface area (Å²) >= 11 is 3.35. The van der Waals surface area contributed by atoms with Crippen LogP contribution < -0.4 is 16.8 Å². The van der Waals surface area contributed by atoms with Gasteiger partial charge in [-0.25, -0.2) is 4.98 Å². The smallest absolute Gasteiger partial charge is 0.149 e. The highest BCUT2D eigenvalue weighted by atomic mass is 79.9. The lowest BCUT2D eigenvalue weighted by Gasteiger charge is -2.09. The molecule has 1 heterocycles. The Kier molecular flexibility index (Phi) is 3.35. The van der Waals surface area contributed by atoms with Gasteiger partial charge in [0, 0.05) is 4.47 Å². The number of hydrogen-bond acceptors (Lipinski definition) is 5. The molecule has 0 aliphatic carbocycles. The summed E-state index contributed by atoms with van der Waals surface area (Å²) < 4.78 is 0.868. The van der Waals surface area contributed by atoms with Gasteiger partial charge in [-0.05, 0) is 30.3 Å². The lowest BCUT2D eigenvalue weighted by Crippen LogP contribution is -2.01. The number of nitriles is 1. The molecule has 0 spiro atoms. The van der Waals surface area contributed by atoms with E-state index >= 15 is 0 Å². The van der Waals surface area contributed by atoms with Crippen LogP contribution >= 0.6 is 15.9 Å². The maximum Gasteiger partial charge on any atom is 0.149 e. The lowest BCUT2D eigenvalue weighted by molar-refractivity contribution is 1.31. The number of halogens is 1. The zero-order valence-electron chi connectivity index (χ0n) is 9.31. The van der Waals surface area contributed by atoms with Gasteiger partial charge in [0.2, 0.25) is 0 Å². The van der Waals surface area contributed by atoms with E-state index in [0.717, 1.165) is 4.47 Å². The number of rotatable bonds is 2. The molecule has 0 saturated heterocycles. The number of hydrogen-bond donors (Lipinski definition) is 3. The predicted molar refractivity (Wildman–Crippen MR) is 75.2 cm³/mol. The monoisotopic (exact) mass is 303 g/mol. The molecule has 0 aliphatic heterocycles. The van der Waals surface area contributed by atoms with Crippen LogP contribution in [0, 0.1) is 11.3 Å². The molecule has 0 radical (unpaired) electrons. The van der Waals surface area contributed by atoms with Crippen LogP contribution in [0.25, 0.3) is 0 Å². The fraction of sp³-hybridized carbons (Fsp3) is 0. The molecular formula is C12H10BrN5. The minimum Gasteiger partial charge on any atom is -0.396 e. The Balaban J connectivity index is 2.36. The molecule has 0 bridgehead atoms. The first-order valence-electron chi connectivity index (χ1n) is 5.09. The van der Waals surface area contributed by atoms with Gasteiger partial charge in [0.05, 0.1) is 16.9 Å². The number of anilines is 4. The Labute approximate surface area is 113 Å². The fourth-order valence-corrected chi connectivity index (χ4v) is 1.77. The van der Waals surface area contributed by atoms with Crippen molar-refractivity contribution in [1.29, 1.82) is 5.26 Å². The van der Waals surface area contributed by atoms with Crippen LogP contribution in [-0.2, 0) is 0 Å². The van der Waals surface area contributed by atoms with Crippen molar-refractivity contribution in [2.75, 3.05) is 16.8 Å². The first-order chi connectivity index (χ1) is 8.60. The molecule has 0 amide bonds. The van der Waals surface area contributed by atoms with Crippen molar-refractivity contribution in [3.05, 3.63) is 40.4 Å². The van der Waals surface area contributed by atoms with Gasteiger partial charge in [-0.15, -0.1) is 0 Å². The average Bonchev–Trinajstić information content (AvgIpc) is 2.34. The van der Waals surface area contributed by atoms with Gasteiger partial charge in [0.1, 0.15) is 17.7 Å². The average molecular weight is 304 g/mol. The number of benzene rings is 1. The Hall–Kier alpha value is -2.26. The summed E-state index contributed by atoms with van der Waals surface area (Å²) in [6.45, 7) is 0. The largest absolute Gasteiger partial charge is 0.396 e. The summed E-state index contributed by atoms with van der Waals surface area (Å²) in [6.07, 6.45) is 0. The van der Waals surface area contributed by atoms with Crippen molar-refractivity contribution in [2.24, 2.45) is 0 Å². The van der Waals surface area contributed by atoms with Crippen LogP contribution in [0.5, 0.6) is 0 Å². The number of aromatic nitrogens is 1. The summed E-state index contributed by atoms with van der Waals surface area (Å²) in [5.41, 5.74) is 12.8. The number of pyridine rings is 1. The molecule has 5 N–H and O–H groups in total. The van der Waals surface area contributed by atoms with Crippen molar-refractivity contribution < 1.29 is 0 Å². The number of nitrogens with zero attached hydrogens (tertiary/aromatic N) is 2. The van der Waals surface area contributed by atoms with Gasteiger partial charge in [0.15, 0.2) is 0 Å². The van der Waals surface area contributed by atoms with Crippen molar-refractivity contribution in [1.82, 2.24) is 4.98 Å². The van der Waals surface area contributed by atoms with Crippen LogP contribution in [0.2, 0.25) is 0 Å². The van der Waals surface area contributed by atoms with Crippen LogP contribution in [0.15, 0.2) is 34.8 Å². The second-order valence-corrected chi connectivity index (χ2v) is 4.51. The molecule has 1 aromatic heterocycles. The first kappa shape index (κ1) is 12.2. The van der Waals surface area contributed by atoms with E-state index in [2.05, 4.69) is 32.3 Å². The van der Waals surface area contributed by atoms with E-state index in [-0.39, 0.29) is 5.82 Å². The van der Waals surface area contributed by atoms with E-state index in [0.29, 0.717) is 22.8 Å². The van der Waals surface area contributed by atoms with Crippen LogP contribution in [0.4, 0.5) is 23.0 Å². The molecule has 90 valence electrons. The molecule has 6 heteroatoms. The molecular weight excluding hydrogens is 294 g/mol. The highest BCUT2D eigenvalue weighted by Gasteiger charge is 2.05. The van der Waals surface area contributed by atoms with Crippen molar-refractivity contribution in [3.63, 3.8) is 0 Å². The van der Waals surface area contributed by atoms with Gasteiger partial charge in [-0.1, -0.05) is 15.9 Å². The standard InChI is InChI=1S/C12H10BrN5/c13-8-2-1-7(6-14)10(5-8)17-11-4-3-9(15)12(16)18-11/h1-5H,15H2,(H3,16,17,18). The Morgan fingerprint density at radius 2 is 2.00 bits per heavy atom. The molecule has 1 aromatic carbocycles. The quantitative estimate of drug-likeness (QED) is 0.791. The van der Waals surface area contributed by atoms with Gasteiger partial charge >= 0.3 is 0 Å². The third-order valence-corrected chi connectivity index (χ3v) is 2.82. The maximum absolute atomic E-state index is 9.02. The minimum atomic E-state index is 0.258. The molecule has 0 atom stereocenters. The van der Waals surface area contributed by atoms with Crippen LogP contribution in [0.1, 0.15) is 5.56 Å². The zero-order chi connectivity index (χ0) is 13.1. The van der Waals surface area contributed by atoms with E-state index in [1.807, 2.05) is 0 Å². The third kappa shape index (κ3) is 2.52. The van der Waals surface area contributed by atoms with Crippen LogP contribution in [-0.4, -0.2) is 4.98 Å². The van der Waals surface area contributed by atoms with Gasteiger partial charge in [-0.2, -0.15) is 5.26 Å². The molecule has 2 aromatic rings. The highest BCUT2D eigenvalue weighted by molar-refractivity contribution is 9.10. The van der Waals surface area contributed by atoms with Gasteiger partial charge in [-0.3, -0.25) is 0 Å². The SMILES string of the molecule is N#Cc1ccc(Br)cc1Nc1ccc(N)c(N)n1. The second kappa shape index (κ2) is 4.94. The van der Waals surface area contributed by atoms with E-state index in [4.69, 9.17) is 16.7 Å². The Morgan fingerprint density at radius 3 is 2.67 bits per heavy atom. The van der Waals surface area contributed by atoms with Gasteiger partial charge in [0.25, 0.3) is 0 Å². The number of nitrogens with two attached hydrogens (primary N) is 2. The maximum atomic E-state index is 9.02. The predicted octanol–water partition coefficient (Wildman–Crippen LogP) is 2.62. The van der Waals surface area contributed by atoms with Gasteiger partial charge < -0.3 is 16.8 Å². The van der Waals surface area contributed by atoms with Crippen LogP contribution in [0.3, 0.4) is 0 Å². The molecule has 5 nitrogen and oxygen atoms in total. The summed E-state index contributed by atoms with van der Waals surface area (Å²) in [6, 6.07) is 10.8. The van der Waals surface area contributed by atoms with E-state index in [1.165, 1.54) is 0 Å². The molecule has 0 saturated carbocycles. The van der Waals surface area contributed by atoms with E-state index < -0.39 is 0 Å². The Bertz CT molecular complexity index is 633. The van der Waals surface area contributed by atoms with E-state index in [9.17, 15) is 0 Å². The zero-order valence-corrected chi connectivity index (χ0v) is 10.9. The molecule has 18 heavy (non-hydrogen) atoms. The fourth-order valence-electron chi connectivity index (χ4n) is 1.41. The topological polar surface area (TPSA) is 101 Å². The summed E-state index contributed by atoms with van der Waals surface area (Å²) in [4.78, 5) is 4.09. The molecule has 0 aliphatic rings. The number of nitrogens with one attached hydrogen (secondary N) is 1. The van der Waals surface area contributed by atoms with Crippen molar-refractivity contribution in [3.8, 4) is 6.07 Å². The second-order valence-electron chi connectivity index (χ2n) is 3.60. The lowest BCUT2D eigenvalue weighted by atomic mass is 10.2. The normalized spacial score (nSPS) is 9.78. The molecule has 2 rings (SSSR count). The number of nitrogen functional groups attached to an aromatic ring is 2. The summed E-state index contributed by atoms with van der Waals surface area (Å²) in [5, 5.41) is 12.0. The first-order valence-corrected chi connectivity index (χ1v) is 5.88. The Morgan fingerprint density at radius 1 is 1.22 bits per heavy atom. The van der Waals surface area contributed by atoms with Crippen molar-refractivity contribution in [2.45, 2.75) is 0 Å².